The summed E-state index contributed by atoms with van der Waals surface area (Å²) in [5.41, 5.74) is 9.95. The van der Waals surface area contributed by atoms with Crippen molar-refractivity contribution >= 4 is 22.3 Å². The molecule has 0 aliphatic rings. The van der Waals surface area contributed by atoms with Gasteiger partial charge in [-0.05, 0) is 57.0 Å². The molecule has 2 aromatic heterocycles. The molecule has 0 bridgehead atoms. The first-order chi connectivity index (χ1) is 13.0. The van der Waals surface area contributed by atoms with E-state index in [1.54, 1.807) is 6.20 Å². The molecule has 3 rings (SSSR count). The molecule has 0 aliphatic heterocycles. The fraction of sp³-hybridized carbons (Fsp3) is 0.273. The predicted octanol–water partition coefficient (Wildman–Crippen LogP) is 3.90. The molecular formula is C22H23N5. The topological polar surface area (TPSA) is 79.7 Å². The number of anilines is 2. The number of nitrogens with zero attached hydrogens (tertiary/aromatic N) is 3. The Morgan fingerprint density at radius 2 is 2.07 bits per heavy atom. The molecule has 0 atom stereocenters. The van der Waals surface area contributed by atoms with Gasteiger partial charge in [-0.2, -0.15) is 5.26 Å². The number of pyridine rings is 1. The number of fused-ring (bicyclic) bond motifs is 1. The summed E-state index contributed by atoms with van der Waals surface area (Å²) in [7, 11) is 0. The molecule has 0 unspecified atom stereocenters. The van der Waals surface area contributed by atoms with Gasteiger partial charge in [-0.15, -0.1) is 0 Å². The number of nitrogens with two attached hydrogens (primary N) is 1. The summed E-state index contributed by atoms with van der Waals surface area (Å²) in [5.74, 6) is 6.39. The van der Waals surface area contributed by atoms with Gasteiger partial charge in [-0.1, -0.05) is 12.0 Å². The maximum atomic E-state index is 9.18. The van der Waals surface area contributed by atoms with Crippen molar-refractivity contribution in [2.75, 3.05) is 17.6 Å². The Balaban J connectivity index is 1.72. The number of nitrogen functional groups attached to an aromatic ring is 1. The first-order valence-corrected chi connectivity index (χ1v) is 8.94. The molecule has 0 fully saturated rings. The zero-order chi connectivity index (χ0) is 19.4. The maximum absolute atomic E-state index is 9.18. The minimum Gasteiger partial charge on any atom is -0.398 e. The van der Waals surface area contributed by atoms with Gasteiger partial charge in [0.25, 0.3) is 0 Å². The molecule has 1 aromatic carbocycles. The Hall–Kier alpha value is -3.44. The quantitative estimate of drug-likeness (QED) is 0.548. The van der Waals surface area contributed by atoms with E-state index in [9.17, 15) is 5.26 Å². The van der Waals surface area contributed by atoms with Crippen LogP contribution in [0.15, 0.2) is 42.6 Å². The van der Waals surface area contributed by atoms with E-state index < -0.39 is 5.41 Å². The van der Waals surface area contributed by atoms with Gasteiger partial charge >= 0.3 is 0 Å². The number of nitriles is 1. The summed E-state index contributed by atoms with van der Waals surface area (Å²) in [6, 6.07) is 14.0. The SMILES string of the molecule is CCn1c(C#CCNc2ccc(C(C)(C)C#N)nc2)cc2c(N)cccc21. The van der Waals surface area contributed by atoms with Crippen LogP contribution in [0.2, 0.25) is 0 Å². The van der Waals surface area contributed by atoms with Crippen LogP contribution in [0.1, 0.15) is 32.2 Å². The van der Waals surface area contributed by atoms with Gasteiger partial charge in [0.05, 0.1) is 46.8 Å². The second-order valence-corrected chi connectivity index (χ2v) is 6.88. The van der Waals surface area contributed by atoms with Crippen LogP contribution in [0.5, 0.6) is 0 Å². The van der Waals surface area contributed by atoms with Crippen LogP contribution in [0, 0.1) is 23.2 Å². The number of rotatable bonds is 4. The van der Waals surface area contributed by atoms with Gasteiger partial charge in [0.1, 0.15) is 0 Å². The van der Waals surface area contributed by atoms with Crippen molar-refractivity contribution < 1.29 is 0 Å². The first-order valence-electron chi connectivity index (χ1n) is 8.94. The van der Waals surface area contributed by atoms with Crippen molar-refractivity contribution in [1.82, 2.24) is 9.55 Å². The molecule has 3 aromatic rings. The van der Waals surface area contributed by atoms with Crippen LogP contribution in [-0.4, -0.2) is 16.1 Å². The second-order valence-electron chi connectivity index (χ2n) is 6.88. The molecule has 0 radical (unpaired) electrons. The fourth-order valence-corrected chi connectivity index (χ4v) is 2.96. The van der Waals surface area contributed by atoms with Crippen LogP contribution >= 0.6 is 0 Å². The van der Waals surface area contributed by atoms with Gasteiger partial charge < -0.3 is 15.6 Å². The molecule has 0 spiro atoms. The third-order valence-electron chi connectivity index (χ3n) is 4.58. The van der Waals surface area contributed by atoms with E-state index in [-0.39, 0.29) is 0 Å². The molecule has 0 amide bonds. The second kappa shape index (κ2) is 7.43. The molecule has 0 aliphatic carbocycles. The van der Waals surface area contributed by atoms with Gasteiger partial charge in [-0.3, -0.25) is 4.98 Å². The summed E-state index contributed by atoms with van der Waals surface area (Å²) in [6.45, 7) is 7.15. The van der Waals surface area contributed by atoms with Crippen LogP contribution in [0.3, 0.4) is 0 Å². The number of benzene rings is 1. The van der Waals surface area contributed by atoms with Crippen LogP contribution in [0.4, 0.5) is 11.4 Å². The Morgan fingerprint density at radius 3 is 2.74 bits per heavy atom. The maximum Gasteiger partial charge on any atom is 0.0937 e. The van der Waals surface area contributed by atoms with Crippen LogP contribution in [-0.2, 0) is 12.0 Å². The summed E-state index contributed by atoms with van der Waals surface area (Å²) < 4.78 is 2.17. The molecule has 3 N–H and O–H groups in total. The lowest BCUT2D eigenvalue weighted by molar-refractivity contribution is 0.660. The van der Waals surface area contributed by atoms with E-state index in [1.165, 1.54) is 0 Å². The average Bonchev–Trinajstić information content (AvgIpc) is 3.04. The standard InChI is InChI=1S/C22H23N5/c1-4-27-17(13-18-19(24)8-5-9-20(18)27)7-6-12-25-16-10-11-21(26-14-16)22(2,3)15-23/h5,8-11,13-14,25H,4,12,24H2,1-3H3. The first kappa shape index (κ1) is 18.4. The summed E-state index contributed by atoms with van der Waals surface area (Å²) in [5, 5.41) is 13.5. The highest BCUT2D eigenvalue weighted by Gasteiger charge is 2.20. The molecule has 0 saturated heterocycles. The summed E-state index contributed by atoms with van der Waals surface area (Å²) in [4.78, 5) is 4.37. The fourth-order valence-electron chi connectivity index (χ4n) is 2.96. The van der Waals surface area contributed by atoms with E-state index in [1.807, 2.05) is 44.2 Å². The zero-order valence-electron chi connectivity index (χ0n) is 15.9. The smallest absolute Gasteiger partial charge is 0.0937 e. The third-order valence-corrected chi connectivity index (χ3v) is 4.58. The average molecular weight is 357 g/mol. The van der Waals surface area contributed by atoms with Crippen molar-refractivity contribution in [3.63, 3.8) is 0 Å². The lowest BCUT2D eigenvalue weighted by Crippen LogP contribution is -2.15. The molecule has 5 nitrogen and oxygen atoms in total. The Morgan fingerprint density at radius 1 is 1.26 bits per heavy atom. The van der Waals surface area contributed by atoms with E-state index in [4.69, 9.17) is 5.73 Å². The highest BCUT2D eigenvalue weighted by molar-refractivity contribution is 5.92. The van der Waals surface area contributed by atoms with Gasteiger partial charge in [-0.25, -0.2) is 0 Å². The van der Waals surface area contributed by atoms with Crippen LogP contribution in [0.25, 0.3) is 10.9 Å². The van der Waals surface area contributed by atoms with Crippen molar-refractivity contribution in [3.8, 4) is 17.9 Å². The molecule has 0 saturated carbocycles. The van der Waals surface area contributed by atoms with Gasteiger partial charge in [0.15, 0.2) is 0 Å². The van der Waals surface area contributed by atoms with E-state index in [2.05, 4.69) is 45.8 Å². The minimum absolute atomic E-state index is 0.503. The minimum atomic E-state index is -0.590. The van der Waals surface area contributed by atoms with Gasteiger partial charge in [0.2, 0.25) is 0 Å². The number of hydrogen-bond acceptors (Lipinski definition) is 4. The summed E-state index contributed by atoms with van der Waals surface area (Å²) >= 11 is 0. The van der Waals surface area contributed by atoms with Gasteiger partial charge in [0, 0.05) is 17.6 Å². The molecule has 27 heavy (non-hydrogen) atoms. The number of aromatic nitrogens is 2. The lowest BCUT2D eigenvalue weighted by Gasteiger charge is -2.14. The number of hydrogen-bond donors (Lipinski definition) is 2. The van der Waals surface area contributed by atoms with E-state index in [0.717, 1.165) is 40.2 Å². The Kier molecular flexibility index (Phi) is 5.05. The molecule has 136 valence electrons. The van der Waals surface area contributed by atoms with E-state index in [0.29, 0.717) is 6.54 Å². The Labute approximate surface area is 159 Å². The largest absolute Gasteiger partial charge is 0.398 e. The third kappa shape index (κ3) is 3.73. The number of aryl methyl sites for hydroxylation is 1. The van der Waals surface area contributed by atoms with Crippen molar-refractivity contribution in [2.45, 2.75) is 32.7 Å². The summed E-state index contributed by atoms with van der Waals surface area (Å²) in [6.07, 6.45) is 1.74. The van der Waals surface area contributed by atoms with Crippen molar-refractivity contribution in [3.05, 3.63) is 54.0 Å². The van der Waals surface area contributed by atoms with Crippen LogP contribution < -0.4 is 11.1 Å². The Bertz CT molecular complexity index is 1060. The normalized spacial score (nSPS) is 10.9. The highest BCUT2D eigenvalue weighted by atomic mass is 15.0. The highest BCUT2D eigenvalue weighted by Crippen LogP contribution is 2.25. The monoisotopic (exact) mass is 357 g/mol. The van der Waals surface area contributed by atoms with Crippen molar-refractivity contribution in [2.24, 2.45) is 0 Å². The molecule has 2 heterocycles. The predicted molar refractivity (Wildman–Crippen MR) is 110 cm³/mol. The number of nitrogens with one attached hydrogen (secondary N) is 1. The zero-order valence-corrected chi connectivity index (χ0v) is 15.9. The lowest BCUT2D eigenvalue weighted by atomic mass is 9.91. The van der Waals surface area contributed by atoms with E-state index >= 15 is 0 Å². The molecular weight excluding hydrogens is 334 g/mol. The van der Waals surface area contributed by atoms with Crippen molar-refractivity contribution in [1.29, 1.82) is 5.26 Å². The molecule has 5 heteroatoms.